The van der Waals surface area contributed by atoms with Gasteiger partial charge in [0.05, 0.1) is 26.3 Å². The molecule has 5 nitrogen and oxygen atoms in total. The minimum atomic E-state index is -0.443. The fourth-order valence-corrected chi connectivity index (χ4v) is 3.61. The Labute approximate surface area is 194 Å². The van der Waals surface area contributed by atoms with Crippen molar-refractivity contribution >= 4 is 57.9 Å². The molecule has 0 atom stereocenters. The Balaban J connectivity index is 1.47. The maximum Gasteiger partial charge on any atom is 0.258 e. The Hall–Kier alpha value is -3.12. The first-order chi connectivity index (χ1) is 15.0. The number of nitrogens with one attached hydrogen (secondary N) is 2. The molecule has 0 fully saturated rings. The first kappa shape index (κ1) is 21.1. The molecule has 0 aliphatic carbocycles. The van der Waals surface area contributed by atoms with Gasteiger partial charge in [-0.3, -0.25) is 4.79 Å². The summed E-state index contributed by atoms with van der Waals surface area (Å²) in [6, 6.07) is 21.9. The van der Waals surface area contributed by atoms with Crippen LogP contribution in [0.3, 0.4) is 0 Å². The van der Waals surface area contributed by atoms with Crippen LogP contribution in [0.25, 0.3) is 11.3 Å². The Morgan fingerprint density at radius 3 is 2.19 bits per heavy atom. The summed E-state index contributed by atoms with van der Waals surface area (Å²) in [4.78, 5) is 21.2. The predicted octanol–water partition coefficient (Wildman–Crippen LogP) is 7.10. The fraction of sp³-hybridized carbons (Fsp3) is 0. The molecule has 0 saturated carbocycles. The lowest BCUT2D eigenvalue weighted by atomic mass is 10.1. The summed E-state index contributed by atoms with van der Waals surface area (Å²) >= 11 is 18.2. The van der Waals surface area contributed by atoms with Gasteiger partial charge in [-0.2, -0.15) is 0 Å². The maximum absolute atomic E-state index is 12.6. The molecule has 0 aliphatic heterocycles. The van der Waals surface area contributed by atoms with Crippen molar-refractivity contribution in [1.82, 2.24) is 9.97 Å². The van der Waals surface area contributed by atoms with Gasteiger partial charge in [-0.25, -0.2) is 9.97 Å². The van der Waals surface area contributed by atoms with Crippen molar-refractivity contribution in [2.75, 3.05) is 10.6 Å². The largest absolute Gasteiger partial charge is 0.340 e. The van der Waals surface area contributed by atoms with Crippen molar-refractivity contribution in [3.8, 4) is 11.3 Å². The van der Waals surface area contributed by atoms with Crippen molar-refractivity contribution in [1.29, 1.82) is 0 Å². The Bertz CT molecular complexity index is 1230. The van der Waals surface area contributed by atoms with Gasteiger partial charge in [-0.15, -0.1) is 0 Å². The van der Waals surface area contributed by atoms with E-state index in [2.05, 4.69) is 20.6 Å². The van der Waals surface area contributed by atoms with E-state index < -0.39 is 5.91 Å². The second kappa shape index (κ2) is 9.35. The highest BCUT2D eigenvalue weighted by Crippen LogP contribution is 2.32. The third-order valence-corrected chi connectivity index (χ3v) is 5.54. The lowest BCUT2D eigenvalue weighted by molar-refractivity contribution is 0.102. The number of rotatable bonds is 5. The quantitative estimate of drug-likeness (QED) is 0.306. The van der Waals surface area contributed by atoms with Crippen molar-refractivity contribution in [2.45, 2.75) is 0 Å². The molecule has 3 aromatic carbocycles. The van der Waals surface area contributed by atoms with Gasteiger partial charge in [0.15, 0.2) is 0 Å². The number of halogens is 3. The molecule has 0 aliphatic rings. The predicted molar refractivity (Wildman–Crippen MR) is 127 cm³/mol. The molecule has 0 spiro atoms. The van der Waals surface area contributed by atoms with Crippen molar-refractivity contribution in [2.24, 2.45) is 0 Å². The summed E-state index contributed by atoms with van der Waals surface area (Å²) < 4.78 is 0. The topological polar surface area (TPSA) is 66.9 Å². The van der Waals surface area contributed by atoms with Crippen LogP contribution < -0.4 is 10.6 Å². The Kier molecular flexibility index (Phi) is 6.37. The van der Waals surface area contributed by atoms with E-state index in [0.29, 0.717) is 11.5 Å². The highest BCUT2D eigenvalue weighted by molar-refractivity contribution is 6.46. The maximum atomic E-state index is 12.6. The van der Waals surface area contributed by atoms with Crippen LogP contribution in [-0.2, 0) is 0 Å². The van der Waals surface area contributed by atoms with Crippen LogP contribution in [0, 0.1) is 0 Å². The number of anilines is 3. The summed E-state index contributed by atoms with van der Waals surface area (Å²) in [7, 11) is 0. The summed E-state index contributed by atoms with van der Waals surface area (Å²) in [5, 5.41) is 6.60. The number of carbonyl (C=O) groups is 1. The monoisotopic (exact) mass is 468 g/mol. The van der Waals surface area contributed by atoms with Gasteiger partial charge in [-0.05, 0) is 36.4 Å². The number of carbonyl (C=O) groups excluding carboxylic acids is 1. The smallest absolute Gasteiger partial charge is 0.258 e. The summed E-state index contributed by atoms with van der Waals surface area (Å²) in [6.45, 7) is 0. The average Bonchev–Trinajstić information content (AvgIpc) is 2.79. The van der Waals surface area contributed by atoms with Crippen molar-refractivity contribution < 1.29 is 4.79 Å². The zero-order valence-electron chi connectivity index (χ0n) is 15.9. The van der Waals surface area contributed by atoms with E-state index >= 15 is 0 Å². The van der Waals surface area contributed by atoms with Crippen LogP contribution in [-0.4, -0.2) is 15.9 Å². The molecule has 31 heavy (non-hydrogen) atoms. The van der Waals surface area contributed by atoms with Gasteiger partial charge < -0.3 is 10.6 Å². The van der Waals surface area contributed by atoms with Gasteiger partial charge in [0.25, 0.3) is 5.91 Å². The SMILES string of the molecule is O=C(Nc1ccc(Nc2cc(-c3ccccc3)ncn2)cc1)c1c(Cl)ccc(Cl)c1Cl. The van der Waals surface area contributed by atoms with Gasteiger partial charge in [0.2, 0.25) is 0 Å². The summed E-state index contributed by atoms with van der Waals surface area (Å²) in [5.74, 6) is 0.213. The number of hydrogen-bond donors (Lipinski definition) is 2. The molecule has 154 valence electrons. The lowest BCUT2D eigenvalue weighted by Gasteiger charge is -2.11. The minimum Gasteiger partial charge on any atom is -0.340 e. The summed E-state index contributed by atoms with van der Waals surface area (Å²) in [6.07, 6.45) is 1.51. The third kappa shape index (κ3) is 4.97. The van der Waals surface area contributed by atoms with E-state index in [4.69, 9.17) is 34.8 Å². The number of benzene rings is 3. The normalized spacial score (nSPS) is 10.5. The van der Waals surface area contributed by atoms with E-state index in [-0.39, 0.29) is 20.6 Å². The average molecular weight is 470 g/mol. The van der Waals surface area contributed by atoms with Crippen LogP contribution in [0.15, 0.2) is 79.1 Å². The van der Waals surface area contributed by atoms with E-state index in [1.165, 1.54) is 12.4 Å². The highest BCUT2D eigenvalue weighted by atomic mass is 35.5. The molecule has 8 heteroatoms. The Morgan fingerprint density at radius 1 is 0.774 bits per heavy atom. The van der Waals surface area contributed by atoms with Crippen LogP contribution in [0.5, 0.6) is 0 Å². The molecular formula is C23H15Cl3N4O. The molecular weight excluding hydrogens is 455 g/mol. The second-order valence-electron chi connectivity index (χ2n) is 6.53. The van der Waals surface area contributed by atoms with E-state index in [1.54, 1.807) is 18.2 Å². The summed E-state index contributed by atoms with van der Waals surface area (Å²) in [5.41, 5.74) is 3.33. The molecule has 1 amide bonds. The minimum absolute atomic E-state index is 0.114. The molecule has 1 heterocycles. The van der Waals surface area contributed by atoms with E-state index in [0.717, 1.165) is 16.9 Å². The van der Waals surface area contributed by atoms with Gasteiger partial charge in [-0.1, -0.05) is 65.1 Å². The molecule has 4 aromatic rings. The number of aromatic nitrogens is 2. The number of nitrogens with zero attached hydrogens (tertiary/aromatic N) is 2. The van der Waals surface area contributed by atoms with Gasteiger partial charge in [0, 0.05) is 23.0 Å². The standard InChI is InChI=1S/C23H15Cl3N4O/c24-17-10-11-18(25)22(26)21(17)23(31)30-16-8-6-15(7-9-16)29-20-12-19(27-13-28-20)14-4-2-1-3-5-14/h1-13H,(H,30,31)(H,27,28,29). The van der Waals surface area contributed by atoms with Crippen LogP contribution in [0.1, 0.15) is 10.4 Å². The molecule has 1 aromatic heterocycles. The molecule has 4 rings (SSSR count). The zero-order chi connectivity index (χ0) is 21.8. The van der Waals surface area contributed by atoms with E-state index in [1.807, 2.05) is 48.5 Å². The van der Waals surface area contributed by atoms with Gasteiger partial charge >= 0.3 is 0 Å². The molecule has 2 N–H and O–H groups in total. The number of amides is 1. The second-order valence-corrected chi connectivity index (χ2v) is 7.72. The van der Waals surface area contributed by atoms with Crippen LogP contribution >= 0.6 is 34.8 Å². The number of hydrogen-bond acceptors (Lipinski definition) is 4. The van der Waals surface area contributed by atoms with Crippen molar-refractivity contribution in [3.05, 3.63) is 99.8 Å². The molecule has 0 radical (unpaired) electrons. The third-order valence-electron chi connectivity index (χ3n) is 4.42. The fourth-order valence-electron chi connectivity index (χ4n) is 2.91. The zero-order valence-corrected chi connectivity index (χ0v) is 18.2. The van der Waals surface area contributed by atoms with Crippen LogP contribution in [0.4, 0.5) is 17.2 Å². The highest BCUT2D eigenvalue weighted by Gasteiger charge is 2.17. The first-order valence-electron chi connectivity index (χ1n) is 9.20. The molecule has 0 unspecified atom stereocenters. The van der Waals surface area contributed by atoms with Crippen LogP contribution in [0.2, 0.25) is 15.1 Å². The lowest BCUT2D eigenvalue weighted by Crippen LogP contribution is -2.13. The van der Waals surface area contributed by atoms with E-state index in [9.17, 15) is 4.79 Å². The molecule has 0 saturated heterocycles. The Morgan fingerprint density at radius 2 is 1.45 bits per heavy atom. The van der Waals surface area contributed by atoms with Crippen molar-refractivity contribution in [3.63, 3.8) is 0 Å². The molecule has 0 bridgehead atoms. The first-order valence-corrected chi connectivity index (χ1v) is 10.3. The van der Waals surface area contributed by atoms with Gasteiger partial charge in [0.1, 0.15) is 12.1 Å².